The summed E-state index contributed by atoms with van der Waals surface area (Å²) in [7, 11) is 1.70. The molecule has 1 fully saturated rings. The highest BCUT2D eigenvalue weighted by Gasteiger charge is 2.29. The SMILES string of the molecule is COc1ccccc1N1CCOC1c1ccn(-c2ccccc2Br)c1. The number of methoxy groups -OCH3 is 1. The van der Waals surface area contributed by atoms with Crippen LogP contribution in [0.3, 0.4) is 0 Å². The first-order valence-corrected chi connectivity index (χ1v) is 9.01. The summed E-state index contributed by atoms with van der Waals surface area (Å²) in [5, 5.41) is 0. The number of aromatic nitrogens is 1. The molecule has 0 aliphatic carbocycles. The van der Waals surface area contributed by atoms with Gasteiger partial charge in [0, 0.05) is 29.0 Å². The van der Waals surface area contributed by atoms with E-state index in [1.165, 1.54) is 0 Å². The second kappa shape index (κ2) is 6.94. The van der Waals surface area contributed by atoms with E-state index in [1.54, 1.807) is 7.11 Å². The number of anilines is 1. The predicted octanol–water partition coefficient (Wildman–Crippen LogP) is 4.78. The van der Waals surface area contributed by atoms with E-state index in [0.29, 0.717) is 6.61 Å². The van der Waals surface area contributed by atoms with Crippen molar-refractivity contribution in [1.82, 2.24) is 4.57 Å². The van der Waals surface area contributed by atoms with Gasteiger partial charge in [0.05, 0.1) is 25.1 Å². The lowest BCUT2D eigenvalue weighted by atomic mass is 10.2. The van der Waals surface area contributed by atoms with Crippen LogP contribution in [-0.2, 0) is 4.74 Å². The van der Waals surface area contributed by atoms with Gasteiger partial charge in [-0.2, -0.15) is 0 Å². The number of hydrogen-bond donors (Lipinski definition) is 0. The van der Waals surface area contributed by atoms with Gasteiger partial charge in [0.15, 0.2) is 6.23 Å². The number of para-hydroxylation sites is 3. The van der Waals surface area contributed by atoms with Crippen molar-refractivity contribution < 1.29 is 9.47 Å². The Bertz CT molecular complexity index is 877. The quantitative estimate of drug-likeness (QED) is 0.632. The zero-order valence-corrected chi connectivity index (χ0v) is 15.5. The maximum absolute atomic E-state index is 6.03. The highest BCUT2D eigenvalue weighted by atomic mass is 79.9. The second-order valence-electron chi connectivity index (χ2n) is 5.89. The monoisotopic (exact) mass is 398 g/mol. The van der Waals surface area contributed by atoms with Crippen LogP contribution in [0.25, 0.3) is 5.69 Å². The maximum atomic E-state index is 6.03. The van der Waals surface area contributed by atoms with Crippen LogP contribution in [0.2, 0.25) is 0 Å². The van der Waals surface area contributed by atoms with Crippen molar-refractivity contribution in [3.63, 3.8) is 0 Å². The van der Waals surface area contributed by atoms with Gasteiger partial charge in [0.1, 0.15) is 5.75 Å². The third-order valence-corrected chi connectivity index (χ3v) is 5.09. The minimum atomic E-state index is -0.111. The summed E-state index contributed by atoms with van der Waals surface area (Å²) in [6, 6.07) is 18.4. The molecule has 25 heavy (non-hydrogen) atoms. The summed E-state index contributed by atoms with van der Waals surface area (Å²) in [6.45, 7) is 1.54. The molecule has 1 aliphatic rings. The van der Waals surface area contributed by atoms with Crippen LogP contribution >= 0.6 is 15.9 Å². The number of nitrogens with zero attached hydrogens (tertiary/aromatic N) is 2. The van der Waals surface area contributed by atoms with Crippen LogP contribution in [0, 0.1) is 0 Å². The number of ether oxygens (including phenoxy) is 2. The van der Waals surface area contributed by atoms with Crippen molar-refractivity contribution >= 4 is 21.6 Å². The van der Waals surface area contributed by atoms with Crippen molar-refractivity contribution in [2.45, 2.75) is 6.23 Å². The largest absolute Gasteiger partial charge is 0.495 e. The van der Waals surface area contributed by atoms with Gasteiger partial charge in [-0.3, -0.25) is 0 Å². The fourth-order valence-electron chi connectivity index (χ4n) is 3.23. The van der Waals surface area contributed by atoms with E-state index in [-0.39, 0.29) is 6.23 Å². The van der Waals surface area contributed by atoms with Crippen LogP contribution < -0.4 is 9.64 Å². The van der Waals surface area contributed by atoms with E-state index in [2.05, 4.69) is 56.0 Å². The number of benzene rings is 2. The van der Waals surface area contributed by atoms with Gasteiger partial charge < -0.3 is 18.9 Å². The summed E-state index contributed by atoms with van der Waals surface area (Å²) in [5.74, 6) is 0.864. The Labute approximate surface area is 155 Å². The lowest BCUT2D eigenvalue weighted by Gasteiger charge is -2.26. The molecule has 0 spiro atoms. The Morgan fingerprint density at radius 3 is 2.60 bits per heavy atom. The minimum absolute atomic E-state index is 0.111. The zero-order valence-electron chi connectivity index (χ0n) is 13.9. The molecule has 2 aromatic carbocycles. The molecule has 4 nitrogen and oxygen atoms in total. The Morgan fingerprint density at radius 1 is 1.04 bits per heavy atom. The average Bonchev–Trinajstić information content (AvgIpc) is 3.31. The molecule has 0 saturated carbocycles. The van der Waals surface area contributed by atoms with E-state index in [9.17, 15) is 0 Å². The smallest absolute Gasteiger partial charge is 0.158 e. The molecule has 2 heterocycles. The zero-order chi connectivity index (χ0) is 17.2. The summed E-state index contributed by atoms with van der Waals surface area (Å²) in [4.78, 5) is 2.25. The molecule has 0 amide bonds. The van der Waals surface area contributed by atoms with E-state index in [4.69, 9.17) is 9.47 Å². The van der Waals surface area contributed by atoms with Gasteiger partial charge in [-0.15, -0.1) is 0 Å². The molecule has 5 heteroatoms. The molecule has 1 aromatic heterocycles. The fourth-order valence-corrected chi connectivity index (χ4v) is 3.72. The molecule has 128 valence electrons. The van der Waals surface area contributed by atoms with Crippen LogP contribution in [0.1, 0.15) is 11.8 Å². The lowest BCUT2D eigenvalue weighted by Crippen LogP contribution is -2.23. The van der Waals surface area contributed by atoms with Crippen LogP contribution in [-0.4, -0.2) is 24.8 Å². The van der Waals surface area contributed by atoms with E-state index in [1.807, 2.05) is 36.4 Å². The van der Waals surface area contributed by atoms with Gasteiger partial charge in [-0.05, 0) is 46.3 Å². The standard InChI is InChI=1S/C20H19BrN2O2/c1-24-19-9-5-4-8-18(19)23-12-13-25-20(23)15-10-11-22(14-15)17-7-3-2-6-16(17)21/h2-11,14,20H,12-13H2,1H3. The molecule has 1 aliphatic heterocycles. The highest BCUT2D eigenvalue weighted by molar-refractivity contribution is 9.10. The molecule has 1 atom stereocenters. The third-order valence-electron chi connectivity index (χ3n) is 4.42. The number of halogens is 1. The highest BCUT2D eigenvalue weighted by Crippen LogP contribution is 2.37. The molecule has 1 unspecified atom stereocenters. The summed E-state index contributed by atoms with van der Waals surface area (Å²) in [6.07, 6.45) is 4.08. The molecule has 0 bridgehead atoms. The van der Waals surface area contributed by atoms with E-state index < -0.39 is 0 Å². The normalized spacial score (nSPS) is 17.0. The summed E-state index contributed by atoms with van der Waals surface area (Å²) < 4.78 is 14.7. The van der Waals surface area contributed by atoms with Crippen LogP contribution in [0.4, 0.5) is 5.69 Å². The molecule has 1 saturated heterocycles. The van der Waals surface area contributed by atoms with Gasteiger partial charge in [-0.25, -0.2) is 0 Å². The lowest BCUT2D eigenvalue weighted by molar-refractivity contribution is 0.113. The molecule has 0 radical (unpaired) electrons. The second-order valence-corrected chi connectivity index (χ2v) is 6.75. The molecule has 0 N–H and O–H groups in total. The van der Waals surface area contributed by atoms with Crippen LogP contribution in [0.5, 0.6) is 5.75 Å². The van der Waals surface area contributed by atoms with Crippen molar-refractivity contribution in [3.05, 3.63) is 77.0 Å². The Kier molecular flexibility index (Phi) is 4.51. The van der Waals surface area contributed by atoms with Crippen molar-refractivity contribution in [3.8, 4) is 11.4 Å². The summed E-state index contributed by atoms with van der Waals surface area (Å²) >= 11 is 3.61. The van der Waals surface area contributed by atoms with Crippen molar-refractivity contribution in [1.29, 1.82) is 0 Å². The first-order chi connectivity index (χ1) is 12.3. The first-order valence-electron chi connectivity index (χ1n) is 8.22. The van der Waals surface area contributed by atoms with Crippen molar-refractivity contribution in [2.24, 2.45) is 0 Å². The molecule has 3 aromatic rings. The van der Waals surface area contributed by atoms with Gasteiger partial charge in [0.2, 0.25) is 0 Å². The summed E-state index contributed by atoms with van der Waals surface area (Å²) in [5.41, 5.74) is 3.29. The predicted molar refractivity (Wildman–Crippen MR) is 103 cm³/mol. The Hall–Kier alpha value is -2.24. The fraction of sp³-hybridized carbons (Fsp3) is 0.200. The Morgan fingerprint density at radius 2 is 1.80 bits per heavy atom. The minimum Gasteiger partial charge on any atom is -0.495 e. The average molecular weight is 399 g/mol. The van der Waals surface area contributed by atoms with E-state index in [0.717, 1.165) is 33.7 Å². The molecular formula is C20H19BrN2O2. The topological polar surface area (TPSA) is 26.6 Å². The number of hydrogen-bond acceptors (Lipinski definition) is 3. The Balaban J connectivity index is 1.67. The van der Waals surface area contributed by atoms with Gasteiger partial charge in [0.25, 0.3) is 0 Å². The van der Waals surface area contributed by atoms with Crippen LogP contribution in [0.15, 0.2) is 71.5 Å². The number of rotatable bonds is 4. The van der Waals surface area contributed by atoms with E-state index >= 15 is 0 Å². The molecule has 4 rings (SSSR count). The van der Waals surface area contributed by atoms with Gasteiger partial charge in [-0.1, -0.05) is 24.3 Å². The van der Waals surface area contributed by atoms with Crippen molar-refractivity contribution in [2.75, 3.05) is 25.2 Å². The third kappa shape index (κ3) is 3.05. The molecular weight excluding hydrogens is 380 g/mol. The maximum Gasteiger partial charge on any atom is 0.158 e. The van der Waals surface area contributed by atoms with Gasteiger partial charge >= 0.3 is 0 Å². The first kappa shape index (κ1) is 16.2.